The van der Waals surface area contributed by atoms with Crippen LogP contribution in [0.5, 0.6) is 0 Å². The van der Waals surface area contributed by atoms with E-state index in [4.69, 9.17) is 8.92 Å². The van der Waals surface area contributed by atoms with Gasteiger partial charge in [0.2, 0.25) is 5.82 Å². The predicted molar refractivity (Wildman–Crippen MR) is 86.9 cm³/mol. The molecule has 1 rings (SSSR count). The van der Waals surface area contributed by atoms with E-state index in [0.717, 1.165) is 0 Å². The van der Waals surface area contributed by atoms with Gasteiger partial charge in [-0.25, -0.2) is 22.0 Å². The molecule has 0 fully saturated rings. The third-order valence-electron chi connectivity index (χ3n) is 3.13. The Morgan fingerprint density at radius 2 is 1.29 bits per heavy atom. The third-order valence-corrected chi connectivity index (χ3v) is 6.14. The zero-order valence-corrected chi connectivity index (χ0v) is 14.9. The Bertz CT molecular complexity index is 513. The molecule has 0 heterocycles. The summed E-state index contributed by atoms with van der Waals surface area (Å²) in [6.45, 7) is 10.4. The van der Waals surface area contributed by atoms with Crippen molar-refractivity contribution in [3.63, 3.8) is 0 Å². The molecule has 8 heteroatoms. The van der Waals surface area contributed by atoms with Crippen molar-refractivity contribution in [2.75, 3.05) is 31.8 Å². The van der Waals surface area contributed by atoms with Gasteiger partial charge < -0.3 is 8.92 Å². The van der Waals surface area contributed by atoms with Gasteiger partial charge in [-0.05, 0) is 19.6 Å². The fourth-order valence-corrected chi connectivity index (χ4v) is 3.79. The highest BCUT2D eigenvalue weighted by molar-refractivity contribution is 8.29. The van der Waals surface area contributed by atoms with Gasteiger partial charge in [-0.2, -0.15) is 0 Å². The van der Waals surface area contributed by atoms with Crippen LogP contribution in [-0.2, 0) is 8.92 Å². The fourth-order valence-electron chi connectivity index (χ4n) is 1.80. The molecule has 1 unspecified atom stereocenters. The van der Waals surface area contributed by atoms with Crippen LogP contribution in [0.4, 0.5) is 22.0 Å². The van der Waals surface area contributed by atoms with Crippen molar-refractivity contribution in [3.8, 4) is 0 Å². The van der Waals surface area contributed by atoms with Gasteiger partial charge in [0.05, 0.1) is 11.5 Å². The van der Waals surface area contributed by atoms with Crippen LogP contribution in [-0.4, -0.2) is 31.8 Å². The van der Waals surface area contributed by atoms with Crippen LogP contribution in [0.3, 0.4) is 0 Å². The van der Waals surface area contributed by atoms with Crippen LogP contribution in [0.1, 0.15) is 20.3 Å². The Morgan fingerprint density at radius 3 is 1.71 bits per heavy atom. The van der Waals surface area contributed by atoms with Gasteiger partial charge in [-0.1, -0.05) is 6.92 Å². The summed E-state index contributed by atoms with van der Waals surface area (Å²) >= 11 is 0. The zero-order chi connectivity index (χ0) is 18.9. The highest BCUT2D eigenvalue weighted by Crippen LogP contribution is 2.56. The molecule has 0 aliphatic carbocycles. The summed E-state index contributed by atoms with van der Waals surface area (Å²) in [4.78, 5) is -0.859. The van der Waals surface area contributed by atoms with Crippen molar-refractivity contribution in [1.29, 1.82) is 0 Å². The van der Waals surface area contributed by atoms with Crippen molar-refractivity contribution in [1.82, 2.24) is 0 Å². The molecule has 1 aromatic rings. The monoisotopic (exact) mass is 374 g/mol. The molecule has 24 heavy (non-hydrogen) atoms. The molecule has 0 aromatic heterocycles. The summed E-state index contributed by atoms with van der Waals surface area (Å²) in [5.74, 6) is -9.56. The third kappa shape index (κ3) is 5.19. The molecular formula is C16H23F5O2S. The zero-order valence-electron chi connectivity index (χ0n) is 14.1. The highest BCUT2D eigenvalue weighted by atomic mass is 32.3. The molecular weight excluding hydrogens is 351 g/mol. The Hall–Kier alpha value is -1.12. The number of halogens is 5. The summed E-state index contributed by atoms with van der Waals surface area (Å²) in [6, 6.07) is 0. The molecule has 0 saturated carbocycles. The van der Waals surface area contributed by atoms with E-state index >= 15 is 0 Å². The molecule has 0 amide bonds. The lowest BCUT2D eigenvalue weighted by atomic mass is 10.3. The number of rotatable bonds is 8. The Morgan fingerprint density at radius 1 is 0.833 bits per heavy atom. The van der Waals surface area contributed by atoms with Gasteiger partial charge in [-0.3, -0.25) is 0 Å². The second kappa shape index (κ2) is 10.7. The minimum atomic E-state index is -2.62. The second-order valence-electron chi connectivity index (χ2n) is 4.57. The molecule has 2 nitrogen and oxygen atoms in total. The first-order chi connectivity index (χ1) is 11.3. The largest absolute Gasteiger partial charge is 0.382 e. The normalized spacial score (nSPS) is 14.5. The molecule has 0 spiro atoms. The van der Waals surface area contributed by atoms with E-state index in [2.05, 4.69) is 13.2 Å². The van der Waals surface area contributed by atoms with Crippen LogP contribution in [0.25, 0.3) is 0 Å². The molecule has 0 N–H and O–H groups in total. The van der Waals surface area contributed by atoms with Crippen LogP contribution >= 0.6 is 10.3 Å². The number of ether oxygens (including phenoxy) is 1. The van der Waals surface area contributed by atoms with Gasteiger partial charge in [-0.15, -0.1) is 23.5 Å². The highest BCUT2D eigenvalue weighted by Gasteiger charge is 2.34. The van der Waals surface area contributed by atoms with Crippen molar-refractivity contribution >= 4 is 10.3 Å². The second-order valence-corrected chi connectivity index (χ2v) is 7.80. The minimum Gasteiger partial charge on any atom is -0.382 e. The summed E-state index contributed by atoms with van der Waals surface area (Å²) in [6.07, 6.45) is 1.85. The standard InChI is InChI=1S/C14H19F5O2S.C2H4/c1-4-20-7-6-8-21-22(3,5-2)14-12(18)10(16)9(15)11(17)13(14)19;1-2/h4-8H2,1-3H3;1-2H2. The molecule has 1 atom stereocenters. The SMILES string of the molecule is C=C.CCOCCCOS(C)(CC)c1c(F)c(F)c(F)c(F)c1F. The van der Waals surface area contributed by atoms with Gasteiger partial charge in [0, 0.05) is 19.0 Å². The van der Waals surface area contributed by atoms with E-state index in [0.29, 0.717) is 19.6 Å². The number of hydrogen-bond donors (Lipinski definition) is 0. The van der Waals surface area contributed by atoms with E-state index in [1.165, 1.54) is 6.26 Å². The van der Waals surface area contributed by atoms with Crippen LogP contribution < -0.4 is 0 Å². The molecule has 0 aliphatic heterocycles. The van der Waals surface area contributed by atoms with E-state index in [1.54, 1.807) is 6.92 Å². The average molecular weight is 374 g/mol. The quantitative estimate of drug-likeness (QED) is 0.201. The summed E-state index contributed by atoms with van der Waals surface area (Å²) in [5, 5.41) is 0. The molecule has 0 aliphatic rings. The Labute approximate surface area is 141 Å². The lowest BCUT2D eigenvalue weighted by molar-refractivity contribution is 0.133. The Balaban J connectivity index is 0.00000254. The first-order valence-electron chi connectivity index (χ1n) is 7.29. The molecule has 0 radical (unpaired) electrons. The predicted octanol–water partition coefficient (Wildman–Crippen LogP) is 5.36. The summed E-state index contributed by atoms with van der Waals surface area (Å²) < 4.78 is 78.2. The van der Waals surface area contributed by atoms with Gasteiger partial charge in [0.1, 0.15) is 0 Å². The Kier molecular flexibility index (Phi) is 10.2. The smallest absolute Gasteiger partial charge is 0.200 e. The summed E-state index contributed by atoms with van der Waals surface area (Å²) in [7, 11) is -2.62. The summed E-state index contributed by atoms with van der Waals surface area (Å²) in [5.41, 5.74) is 0. The van der Waals surface area contributed by atoms with Crippen molar-refractivity contribution in [2.24, 2.45) is 0 Å². The van der Waals surface area contributed by atoms with Crippen molar-refractivity contribution < 1.29 is 30.9 Å². The molecule has 1 aromatic carbocycles. The maximum Gasteiger partial charge on any atom is 0.200 e. The van der Waals surface area contributed by atoms with Crippen molar-refractivity contribution in [3.05, 3.63) is 42.2 Å². The number of benzene rings is 1. The molecule has 140 valence electrons. The van der Waals surface area contributed by atoms with Crippen molar-refractivity contribution in [2.45, 2.75) is 25.2 Å². The van der Waals surface area contributed by atoms with Gasteiger partial charge in [0.25, 0.3) is 0 Å². The fraction of sp³-hybridized carbons (Fsp3) is 0.500. The maximum absolute atomic E-state index is 13.9. The van der Waals surface area contributed by atoms with E-state index in [9.17, 15) is 22.0 Å². The van der Waals surface area contributed by atoms with Crippen LogP contribution in [0, 0.1) is 29.1 Å². The first kappa shape index (κ1) is 22.9. The number of hydrogen-bond acceptors (Lipinski definition) is 2. The lowest BCUT2D eigenvalue weighted by Crippen LogP contribution is -2.16. The minimum absolute atomic E-state index is 0.110. The molecule has 0 saturated heterocycles. The first-order valence-corrected chi connectivity index (χ1v) is 9.43. The van der Waals surface area contributed by atoms with Crippen LogP contribution in [0.2, 0.25) is 0 Å². The van der Waals surface area contributed by atoms with Gasteiger partial charge in [0.15, 0.2) is 23.3 Å². The van der Waals surface area contributed by atoms with E-state index in [-0.39, 0.29) is 12.4 Å². The maximum atomic E-state index is 13.9. The van der Waals surface area contributed by atoms with Gasteiger partial charge >= 0.3 is 0 Å². The van der Waals surface area contributed by atoms with E-state index in [1.807, 2.05) is 6.92 Å². The molecule has 0 bridgehead atoms. The topological polar surface area (TPSA) is 18.5 Å². The average Bonchev–Trinajstić information content (AvgIpc) is 2.60. The van der Waals surface area contributed by atoms with E-state index < -0.39 is 44.3 Å². The van der Waals surface area contributed by atoms with Crippen LogP contribution in [0.15, 0.2) is 18.1 Å². The lowest BCUT2D eigenvalue weighted by Gasteiger charge is -2.35.